The quantitative estimate of drug-likeness (QED) is 0.816. The van der Waals surface area contributed by atoms with E-state index >= 15 is 0 Å². The van der Waals surface area contributed by atoms with Crippen LogP contribution in [0.5, 0.6) is 11.5 Å². The number of halogens is 2. The number of methoxy groups -OCH3 is 1. The van der Waals surface area contributed by atoms with Crippen LogP contribution in [0.4, 0.5) is 0 Å². The second-order valence-electron chi connectivity index (χ2n) is 4.68. The van der Waals surface area contributed by atoms with Gasteiger partial charge in [-0.15, -0.1) is 0 Å². The van der Waals surface area contributed by atoms with Gasteiger partial charge in [0.2, 0.25) is 0 Å². The Bertz CT molecular complexity index is 591. The van der Waals surface area contributed by atoms with Crippen LogP contribution in [0, 0.1) is 0 Å². The summed E-state index contributed by atoms with van der Waals surface area (Å²) in [5.41, 5.74) is 2.20. The predicted molar refractivity (Wildman–Crippen MR) is 86.2 cm³/mol. The van der Waals surface area contributed by atoms with E-state index in [1.54, 1.807) is 7.11 Å². The molecule has 2 rings (SSSR count). The highest BCUT2D eigenvalue weighted by Crippen LogP contribution is 2.29. The molecular weight excluding hydrogens is 321 g/mol. The highest BCUT2D eigenvalue weighted by atomic mass is 35.5. The first-order valence-corrected chi connectivity index (χ1v) is 7.35. The van der Waals surface area contributed by atoms with E-state index in [2.05, 4.69) is 12.2 Å². The van der Waals surface area contributed by atoms with Gasteiger partial charge in [0.25, 0.3) is 0 Å². The van der Waals surface area contributed by atoms with Crippen molar-refractivity contribution in [2.24, 2.45) is 0 Å². The van der Waals surface area contributed by atoms with Crippen LogP contribution in [0.3, 0.4) is 0 Å². The summed E-state index contributed by atoms with van der Waals surface area (Å²) >= 11 is 5.97. The third-order valence-electron chi connectivity index (χ3n) is 3.09. The van der Waals surface area contributed by atoms with Crippen LogP contribution in [-0.4, -0.2) is 13.7 Å². The molecule has 0 heterocycles. The van der Waals surface area contributed by atoms with Crippen molar-refractivity contribution in [3.63, 3.8) is 0 Å². The molecule has 0 radical (unpaired) electrons. The number of hydrogen-bond donors (Lipinski definition) is 1. The van der Waals surface area contributed by atoms with Crippen molar-refractivity contribution in [2.45, 2.75) is 20.1 Å². The molecule has 5 heteroatoms. The van der Waals surface area contributed by atoms with E-state index in [0.717, 1.165) is 30.2 Å². The largest absolute Gasteiger partial charge is 1.00 e. The normalized spacial score (nSPS) is 9.95. The lowest BCUT2D eigenvalue weighted by Crippen LogP contribution is -3.00. The van der Waals surface area contributed by atoms with Crippen molar-refractivity contribution in [3.8, 4) is 11.5 Å². The van der Waals surface area contributed by atoms with Gasteiger partial charge in [-0.05, 0) is 41.9 Å². The van der Waals surface area contributed by atoms with Crippen molar-refractivity contribution in [1.82, 2.24) is 5.32 Å². The van der Waals surface area contributed by atoms with Crippen LogP contribution >= 0.6 is 11.6 Å². The summed E-state index contributed by atoms with van der Waals surface area (Å²) in [7, 11) is 1.65. The number of rotatable bonds is 7. The van der Waals surface area contributed by atoms with E-state index in [9.17, 15) is 0 Å². The van der Waals surface area contributed by atoms with Crippen molar-refractivity contribution >= 4 is 11.6 Å². The lowest BCUT2D eigenvalue weighted by Gasteiger charge is -2.12. The fourth-order valence-corrected chi connectivity index (χ4v) is 2.21. The lowest BCUT2D eigenvalue weighted by atomic mass is 10.2. The summed E-state index contributed by atoms with van der Waals surface area (Å²) in [5, 5.41) is 4.00. The molecule has 3 nitrogen and oxygen atoms in total. The van der Waals surface area contributed by atoms with Crippen LogP contribution in [-0.2, 0) is 13.2 Å². The minimum atomic E-state index is 0. The van der Waals surface area contributed by atoms with Gasteiger partial charge in [-0.25, -0.2) is 0 Å². The molecule has 0 atom stereocenters. The molecule has 0 aromatic heterocycles. The smallest absolute Gasteiger partial charge is 0.161 e. The van der Waals surface area contributed by atoms with E-state index in [-0.39, 0.29) is 12.4 Å². The zero-order valence-corrected chi connectivity index (χ0v) is 14.2. The molecule has 0 unspecified atom stereocenters. The molecule has 1 N–H and O–H groups in total. The second kappa shape index (κ2) is 9.57. The summed E-state index contributed by atoms with van der Waals surface area (Å²) in [6.45, 7) is 4.31. The zero-order valence-electron chi connectivity index (χ0n) is 12.7. The zero-order chi connectivity index (χ0) is 15.1. The highest BCUT2D eigenvalue weighted by Gasteiger charge is 2.06. The number of nitrogens with one attached hydrogen (secondary N) is 1. The maximum Gasteiger partial charge on any atom is 0.161 e. The van der Waals surface area contributed by atoms with E-state index in [0.29, 0.717) is 11.6 Å². The van der Waals surface area contributed by atoms with Crippen molar-refractivity contribution in [3.05, 3.63) is 58.6 Å². The Morgan fingerprint density at radius 3 is 2.55 bits per heavy atom. The van der Waals surface area contributed by atoms with Crippen LogP contribution < -0.4 is 27.2 Å². The molecule has 0 bridgehead atoms. The molecule has 0 spiro atoms. The third-order valence-corrected chi connectivity index (χ3v) is 3.33. The van der Waals surface area contributed by atoms with E-state index < -0.39 is 0 Å². The maximum absolute atomic E-state index is 5.97. The number of hydrogen-bond acceptors (Lipinski definition) is 3. The summed E-state index contributed by atoms with van der Waals surface area (Å²) in [4.78, 5) is 0. The van der Waals surface area contributed by atoms with E-state index in [4.69, 9.17) is 21.1 Å². The Balaban J connectivity index is 0.00000242. The molecule has 0 saturated carbocycles. The monoisotopic (exact) mass is 340 g/mol. The van der Waals surface area contributed by atoms with Crippen LogP contribution in [0.1, 0.15) is 18.1 Å². The Morgan fingerprint density at radius 1 is 1.05 bits per heavy atom. The molecular formula is C17H20Cl2NO2-. The first kappa shape index (κ1) is 18.6. The Labute approximate surface area is 143 Å². The SMILES string of the molecule is CCNCc1ccc(OCc2cccc(Cl)c2)c(OC)c1.[Cl-]. The van der Waals surface area contributed by atoms with Gasteiger partial charge in [-0.1, -0.05) is 36.7 Å². The standard InChI is InChI=1S/C17H20ClNO2.ClH/c1-3-19-11-13-7-8-16(17(10-13)20-2)21-12-14-5-4-6-15(18)9-14;/h4-10,19H,3,11-12H2,1-2H3;1H/p-1. The number of benzene rings is 2. The van der Waals surface area contributed by atoms with Crippen molar-refractivity contribution < 1.29 is 21.9 Å². The average Bonchev–Trinajstić information content (AvgIpc) is 2.51. The van der Waals surface area contributed by atoms with E-state index in [1.165, 1.54) is 5.56 Å². The van der Waals surface area contributed by atoms with Gasteiger partial charge < -0.3 is 27.2 Å². The maximum atomic E-state index is 5.97. The van der Waals surface area contributed by atoms with Crippen LogP contribution in [0.15, 0.2) is 42.5 Å². The first-order chi connectivity index (χ1) is 10.2. The minimum absolute atomic E-state index is 0. The summed E-state index contributed by atoms with van der Waals surface area (Å²) < 4.78 is 11.2. The molecule has 120 valence electrons. The van der Waals surface area contributed by atoms with Gasteiger partial charge in [-0.2, -0.15) is 0 Å². The van der Waals surface area contributed by atoms with Crippen LogP contribution in [0.2, 0.25) is 5.02 Å². The Kier molecular flexibility index (Phi) is 8.10. The van der Waals surface area contributed by atoms with Crippen molar-refractivity contribution in [1.29, 1.82) is 0 Å². The molecule has 0 aliphatic carbocycles. The Hall–Kier alpha value is -1.42. The van der Waals surface area contributed by atoms with E-state index in [1.807, 2.05) is 42.5 Å². The predicted octanol–water partition coefficient (Wildman–Crippen LogP) is 1.04. The molecule has 2 aromatic carbocycles. The third kappa shape index (κ3) is 5.41. The van der Waals surface area contributed by atoms with Gasteiger partial charge in [0, 0.05) is 11.6 Å². The summed E-state index contributed by atoms with van der Waals surface area (Å²) in [6.07, 6.45) is 0. The van der Waals surface area contributed by atoms with Crippen LogP contribution in [0.25, 0.3) is 0 Å². The summed E-state index contributed by atoms with van der Waals surface area (Å²) in [5.74, 6) is 1.48. The van der Waals surface area contributed by atoms with Gasteiger partial charge in [0.05, 0.1) is 7.11 Å². The van der Waals surface area contributed by atoms with Gasteiger partial charge in [0.15, 0.2) is 11.5 Å². The molecule has 22 heavy (non-hydrogen) atoms. The molecule has 0 fully saturated rings. The fraction of sp³-hybridized carbons (Fsp3) is 0.294. The highest BCUT2D eigenvalue weighted by molar-refractivity contribution is 6.30. The second-order valence-corrected chi connectivity index (χ2v) is 5.12. The minimum Gasteiger partial charge on any atom is -1.00 e. The molecule has 0 saturated heterocycles. The molecule has 0 amide bonds. The fourth-order valence-electron chi connectivity index (χ4n) is 2.00. The molecule has 0 aliphatic heterocycles. The van der Waals surface area contributed by atoms with Crippen molar-refractivity contribution in [2.75, 3.05) is 13.7 Å². The molecule has 2 aromatic rings. The lowest BCUT2D eigenvalue weighted by molar-refractivity contribution is -0.00000484. The summed E-state index contributed by atoms with van der Waals surface area (Å²) in [6, 6.07) is 13.6. The average molecular weight is 341 g/mol. The molecule has 0 aliphatic rings. The van der Waals surface area contributed by atoms with Gasteiger partial charge in [-0.3, -0.25) is 0 Å². The van der Waals surface area contributed by atoms with Gasteiger partial charge >= 0.3 is 0 Å². The topological polar surface area (TPSA) is 30.5 Å². The number of ether oxygens (including phenoxy) is 2. The first-order valence-electron chi connectivity index (χ1n) is 6.97. The Morgan fingerprint density at radius 2 is 1.86 bits per heavy atom. The van der Waals surface area contributed by atoms with Gasteiger partial charge in [0.1, 0.15) is 6.61 Å².